The minimum atomic E-state index is 0.935. The highest BCUT2D eigenvalue weighted by atomic mass is 32.2. The lowest BCUT2D eigenvalue weighted by atomic mass is 10.1. The molecule has 0 aliphatic rings. The molecule has 0 amide bonds. The summed E-state index contributed by atoms with van der Waals surface area (Å²) >= 11 is 1.54. The first-order chi connectivity index (χ1) is 5.77. The molecule has 0 spiro atoms. The van der Waals surface area contributed by atoms with E-state index in [0.717, 1.165) is 11.3 Å². The van der Waals surface area contributed by atoms with Crippen LogP contribution in [0.1, 0.15) is 11.1 Å². The maximum atomic E-state index is 7.19. The van der Waals surface area contributed by atoms with Gasteiger partial charge in [0.25, 0.3) is 0 Å². The van der Waals surface area contributed by atoms with Gasteiger partial charge in [0.05, 0.1) is 5.69 Å². The summed E-state index contributed by atoms with van der Waals surface area (Å²) < 4.78 is 3.12. The van der Waals surface area contributed by atoms with E-state index < -0.39 is 0 Å². The molecular formula is C9H12N2S. The van der Waals surface area contributed by atoms with Crippen molar-refractivity contribution in [2.45, 2.75) is 6.92 Å². The average molecular weight is 180 g/mol. The topological polar surface area (TPSA) is 35.9 Å². The van der Waals surface area contributed by atoms with Crippen LogP contribution in [0.5, 0.6) is 0 Å². The van der Waals surface area contributed by atoms with E-state index in [1.54, 1.807) is 0 Å². The van der Waals surface area contributed by atoms with Crippen LogP contribution in [0, 0.1) is 12.3 Å². The summed E-state index contributed by atoms with van der Waals surface area (Å²) in [6.45, 7) is 2.02. The molecule has 2 N–H and O–H groups in total. The highest BCUT2D eigenvalue weighted by molar-refractivity contribution is 7.99. The summed E-state index contributed by atoms with van der Waals surface area (Å²) in [5, 5.41) is 7.19. The lowest BCUT2D eigenvalue weighted by Gasteiger charge is -2.06. The molecule has 0 radical (unpaired) electrons. The molecule has 2 nitrogen and oxygen atoms in total. The molecule has 0 saturated heterocycles. The maximum absolute atomic E-state index is 7.19. The van der Waals surface area contributed by atoms with Crippen molar-refractivity contribution < 1.29 is 0 Å². The Hall–Kier alpha value is -0.960. The number of anilines is 1. The number of rotatable bonds is 3. The Balaban J connectivity index is 3.02. The molecule has 1 aromatic carbocycles. The molecule has 0 saturated carbocycles. The molecule has 0 aromatic heterocycles. The van der Waals surface area contributed by atoms with E-state index >= 15 is 0 Å². The van der Waals surface area contributed by atoms with Crippen molar-refractivity contribution in [3.05, 3.63) is 29.3 Å². The quantitative estimate of drug-likeness (QED) is 0.554. The predicted molar refractivity (Wildman–Crippen MR) is 56.2 cm³/mol. The van der Waals surface area contributed by atoms with Gasteiger partial charge in [0, 0.05) is 18.0 Å². The zero-order valence-electron chi connectivity index (χ0n) is 7.22. The lowest BCUT2D eigenvalue weighted by molar-refractivity contribution is 1.45. The molecule has 0 bridgehead atoms. The molecule has 0 aliphatic carbocycles. The number of aryl methyl sites for hydroxylation is 1. The predicted octanol–water partition coefficient (Wildman–Crippen LogP) is 2.68. The van der Waals surface area contributed by atoms with Crippen LogP contribution < -0.4 is 4.72 Å². The third-order valence-corrected chi connectivity index (χ3v) is 2.00. The molecule has 0 aliphatic heterocycles. The zero-order chi connectivity index (χ0) is 8.97. The highest BCUT2D eigenvalue weighted by Crippen LogP contribution is 2.17. The lowest BCUT2D eigenvalue weighted by Crippen LogP contribution is -1.92. The van der Waals surface area contributed by atoms with Gasteiger partial charge < -0.3 is 10.1 Å². The van der Waals surface area contributed by atoms with Crippen molar-refractivity contribution in [3.8, 4) is 0 Å². The fraction of sp³-hybridized carbons (Fsp3) is 0.222. The Labute approximate surface area is 77.0 Å². The first-order valence-corrected chi connectivity index (χ1v) is 4.90. The Kier molecular flexibility index (Phi) is 3.17. The van der Waals surface area contributed by atoms with Gasteiger partial charge in [-0.3, -0.25) is 0 Å². The third kappa shape index (κ3) is 2.01. The van der Waals surface area contributed by atoms with Crippen LogP contribution in [0.25, 0.3) is 0 Å². The molecular weight excluding hydrogens is 168 g/mol. The maximum Gasteiger partial charge on any atom is 0.0528 e. The molecule has 1 rings (SSSR count). The summed E-state index contributed by atoms with van der Waals surface area (Å²) in [4.78, 5) is 0. The van der Waals surface area contributed by atoms with E-state index in [9.17, 15) is 0 Å². The van der Waals surface area contributed by atoms with Crippen LogP contribution in [0.4, 0.5) is 5.69 Å². The van der Waals surface area contributed by atoms with E-state index in [1.165, 1.54) is 23.7 Å². The van der Waals surface area contributed by atoms with Crippen molar-refractivity contribution in [1.29, 1.82) is 5.41 Å². The number of nitrogens with one attached hydrogen (secondary N) is 2. The molecule has 1 aromatic rings. The van der Waals surface area contributed by atoms with Gasteiger partial charge in [0.2, 0.25) is 0 Å². The first-order valence-electron chi connectivity index (χ1n) is 3.68. The smallest absolute Gasteiger partial charge is 0.0528 e. The second-order valence-electron chi connectivity index (χ2n) is 2.54. The zero-order valence-corrected chi connectivity index (χ0v) is 8.03. The molecule has 0 heterocycles. The second-order valence-corrected chi connectivity index (χ2v) is 3.15. The van der Waals surface area contributed by atoms with Crippen molar-refractivity contribution >= 4 is 23.8 Å². The molecule has 0 atom stereocenters. The second kappa shape index (κ2) is 4.16. The largest absolute Gasteiger partial charge is 0.329 e. The van der Waals surface area contributed by atoms with Gasteiger partial charge in [-0.15, -0.1) is 0 Å². The van der Waals surface area contributed by atoms with Gasteiger partial charge >= 0.3 is 0 Å². The number of hydrogen-bond acceptors (Lipinski definition) is 3. The Morgan fingerprint density at radius 3 is 2.83 bits per heavy atom. The van der Waals surface area contributed by atoms with Gasteiger partial charge in [0.15, 0.2) is 0 Å². The minimum absolute atomic E-state index is 0.935. The average Bonchev–Trinajstić information content (AvgIpc) is 2.08. The normalized spacial score (nSPS) is 9.50. The molecule has 0 unspecified atom stereocenters. The van der Waals surface area contributed by atoms with Crippen LogP contribution in [0.15, 0.2) is 18.2 Å². The summed E-state index contributed by atoms with van der Waals surface area (Å²) in [7, 11) is 0. The molecule has 12 heavy (non-hydrogen) atoms. The summed E-state index contributed by atoms with van der Waals surface area (Å²) in [6.07, 6.45) is 3.33. The first kappa shape index (κ1) is 9.13. The number of hydrogen-bond donors (Lipinski definition) is 2. The molecule has 64 valence electrons. The van der Waals surface area contributed by atoms with Crippen LogP contribution in [0.3, 0.4) is 0 Å². The van der Waals surface area contributed by atoms with Crippen LogP contribution >= 0.6 is 11.9 Å². The molecule has 3 heteroatoms. The summed E-state index contributed by atoms with van der Waals surface area (Å²) in [6, 6.07) is 6.02. The standard InChI is InChI=1S/C9H12N2S/c1-7-3-4-9(11-12-2)8(5-7)6-10/h3-6,10-11H,1-2H3. The van der Waals surface area contributed by atoms with Gasteiger partial charge in [-0.2, -0.15) is 0 Å². The van der Waals surface area contributed by atoms with Crippen molar-refractivity contribution in [2.24, 2.45) is 0 Å². The minimum Gasteiger partial charge on any atom is -0.329 e. The van der Waals surface area contributed by atoms with Gasteiger partial charge in [-0.1, -0.05) is 23.6 Å². The summed E-state index contributed by atoms with van der Waals surface area (Å²) in [5.41, 5.74) is 3.12. The van der Waals surface area contributed by atoms with Gasteiger partial charge in [-0.25, -0.2) is 0 Å². The fourth-order valence-electron chi connectivity index (χ4n) is 1.00. The molecule has 0 fully saturated rings. The summed E-state index contributed by atoms with van der Waals surface area (Å²) in [5.74, 6) is 0. The Bertz CT molecular complexity index is 284. The van der Waals surface area contributed by atoms with E-state index in [0.29, 0.717) is 0 Å². The van der Waals surface area contributed by atoms with Crippen LogP contribution in [-0.2, 0) is 0 Å². The Morgan fingerprint density at radius 2 is 2.25 bits per heavy atom. The van der Waals surface area contributed by atoms with E-state index in [-0.39, 0.29) is 0 Å². The van der Waals surface area contributed by atoms with Crippen molar-refractivity contribution in [1.82, 2.24) is 0 Å². The van der Waals surface area contributed by atoms with Crippen molar-refractivity contribution in [2.75, 3.05) is 11.0 Å². The van der Waals surface area contributed by atoms with E-state index in [2.05, 4.69) is 4.72 Å². The van der Waals surface area contributed by atoms with E-state index in [4.69, 9.17) is 5.41 Å². The number of benzene rings is 1. The Morgan fingerprint density at radius 1 is 1.50 bits per heavy atom. The van der Waals surface area contributed by atoms with Gasteiger partial charge in [-0.05, 0) is 19.1 Å². The SMILES string of the molecule is CSNc1ccc(C)cc1C=N. The van der Waals surface area contributed by atoms with E-state index in [1.807, 2.05) is 31.4 Å². The van der Waals surface area contributed by atoms with Crippen molar-refractivity contribution in [3.63, 3.8) is 0 Å². The van der Waals surface area contributed by atoms with Crippen LogP contribution in [-0.4, -0.2) is 12.5 Å². The fourth-order valence-corrected chi connectivity index (χ4v) is 1.41. The van der Waals surface area contributed by atoms with Gasteiger partial charge in [0.1, 0.15) is 0 Å². The van der Waals surface area contributed by atoms with Crippen LogP contribution in [0.2, 0.25) is 0 Å². The monoisotopic (exact) mass is 180 g/mol. The third-order valence-electron chi connectivity index (χ3n) is 1.57. The highest BCUT2D eigenvalue weighted by Gasteiger charge is 1.97.